The molecule has 1 aliphatic heterocycles. The number of nitrogens with zero attached hydrogens (tertiary/aromatic N) is 2. The van der Waals surface area contributed by atoms with Gasteiger partial charge in [-0.3, -0.25) is 9.69 Å². The minimum Gasteiger partial charge on any atom is -0.306 e. The average molecular weight is 355 g/mol. The van der Waals surface area contributed by atoms with Gasteiger partial charge in [-0.1, -0.05) is 18.2 Å². The van der Waals surface area contributed by atoms with Gasteiger partial charge in [0.2, 0.25) is 0 Å². The fraction of sp³-hybridized carbons (Fsp3) is 0.263. The molecule has 0 aliphatic carbocycles. The minimum absolute atomic E-state index is 0.0749. The number of fused-ring (bicyclic) bond motifs is 1. The molecule has 0 unspecified atom stereocenters. The lowest BCUT2D eigenvalue weighted by molar-refractivity contribution is 0.241. The maximum absolute atomic E-state index is 13.7. The molecule has 6 heteroatoms. The Balaban J connectivity index is 1.59. The van der Waals surface area contributed by atoms with Gasteiger partial charge in [0.15, 0.2) is 5.82 Å². The van der Waals surface area contributed by atoms with E-state index < -0.39 is 0 Å². The van der Waals surface area contributed by atoms with Crippen molar-refractivity contribution in [3.63, 3.8) is 0 Å². The van der Waals surface area contributed by atoms with E-state index in [9.17, 15) is 9.18 Å². The van der Waals surface area contributed by atoms with Crippen molar-refractivity contribution in [1.82, 2.24) is 14.9 Å². The van der Waals surface area contributed by atoms with Crippen LogP contribution in [-0.2, 0) is 19.5 Å². The summed E-state index contributed by atoms with van der Waals surface area (Å²) in [6, 6.07) is 9.05. The van der Waals surface area contributed by atoms with Crippen molar-refractivity contribution < 1.29 is 4.39 Å². The summed E-state index contributed by atoms with van der Waals surface area (Å²) in [7, 11) is 0. The van der Waals surface area contributed by atoms with Crippen LogP contribution in [0.4, 0.5) is 4.39 Å². The second-order valence-corrected chi connectivity index (χ2v) is 7.25. The van der Waals surface area contributed by atoms with Gasteiger partial charge in [-0.2, -0.15) is 0 Å². The standard InChI is InChI=1S/C19H18FN3OS/c1-12-13(4-2-5-15(12)20)10-23-8-7-16-14(11-23)19(24)22-18(21-16)17-6-3-9-25-17/h2-6,9H,7-8,10-11H2,1H3,(H,21,22,24). The van der Waals surface area contributed by atoms with E-state index in [4.69, 9.17) is 0 Å². The molecular formula is C19H18FN3OS. The summed E-state index contributed by atoms with van der Waals surface area (Å²) < 4.78 is 13.7. The topological polar surface area (TPSA) is 49.0 Å². The number of nitrogens with one attached hydrogen (secondary N) is 1. The molecule has 0 spiro atoms. The Morgan fingerprint density at radius 2 is 2.20 bits per heavy atom. The molecule has 0 saturated carbocycles. The molecule has 0 radical (unpaired) electrons. The highest BCUT2D eigenvalue weighted by atomic mass is 32.1. The van der Waals surface area contributed by atoms with E-state index in [0.717, 1.165) is 34.7 Å². The summed E-state index contributed by atoms with van der Waals surface area (Å²) >= 11 is 1.56. The fourth-order valence-corrected chi connectivity index (χ4v) is 3.88. The normalized spacial score (nSPS) is 14.5. The summed E-state index contributed by atoms with van der Waals surface area (Å²) in [6.45, 7) is 3.78. The van der Waals surface area contributed by atoms with Gasteiger partial charge in [-0.05, 0) is 35.6 Å². The van der Waals surface area contributed by atoms with Gasteiger partial charge < -0.3 is 4.98 Å². The van der Waals surface area contributed by atoms with Crippen molar-refractivity contribution in [2.24, 2.45) is 0 Å². The Bertz CT molecular complexity index is 965. The lowest BCUT2D eigenvalue weighted by Crippen LogP contribution is -2.35. The van der Waals surface area contributed by atoms with E-state index in [1.165, 1.54) is 6.07 Å². The molecular weight excluding hydrogens is 337 g/mol. The Morgan fingerprint density at radius 3 is 3.00 bits per heavy atom. The van der Waals surface area contributed by atoms with Gasteiger partial charge in [0.25, 0.3) is 5.56 Å². The second kappa shape index (κ2) is 6.54. The second-order valence-electron chi connectivity index (χ2n) is 6.30. The highest BCUT2D eigenvalue weighted by molar-refractivity contribution is 7.13. The molecule has 0 fully saturated rings. The SMILES string of the molecule is Cc1c(F)cccc1CN1CCc2nc(-c3cccs3)[nH]c(=O)c2C1. The van der Waals surface area contributed by atoms with Crippen LogP contribution in [0.25, 0.3) is 10.7 Å². The molecule has 3 heterocycles. The zero-order valence-electron chi connectivity index (χ0n) is 13.9. The molecule has 0 atom stereocenters. The third-order valence-corrected chi connectivity index (χ3v) is 5.55. The third kappa shape index (κ3) is 3.15. The first-order valence-corrected chi connectivity index (χ1v) is 9.12. The summed E-state index contributed by atoms with van der Waals surface area (Å²) in [5, 5.41) is 1.97. The molecule has 128 valence electrons. The molecule has 3 aromatic rings. The van der Waals surface area contributed by atoms with Crippen molar-refractivity contribution in [3.05, 3.63) is 74.3 Å². The van der Waals surface area contributed by atoms with E-state index in [1.54, 1.807) is 24.3 Å². The van der Waals surface area contributed by atoms with Gasteiger partial charge >= 0.3 is 0 Å². The Hall–Kier alpha value is -2.31. The van der Waals surface area contributed by atoms with Crippen LogP contribution >= 0.6 is 11.3 Å². The number of hydrogen-bond donors (Lipinski definition) is 1. The molecule has 4 nitrogen and oxygen atoms in total. The lowest BCUT2D eigenvalue weighted by atomic mass is 10.0. The highest BCUT2D eigenvalue weighted by Crippen LogP contribution is 2.23. The van der Waals surface area contributed by atoms with Gasteiger partial charge in [-0.25, -0.2) is 9.37 Å². The number of rotatable bonds is 3. The van der Waals surface area contributed by atoms with Gasteiger partial charge in [-0.15, -0.1) is 11.3 Å². The molecule has 4 rings (SSSR count). The summed E-state index contributed by atoms with van der Waals surface area (Å²) in [4.78, 5) is 23.2. The minimum atomic E-state index is -0.185. The zero-order valence-corrected chi connectivity index (χ0v) is 14.7. The van der Waals surface area contributed by atoms with E-state index in [2.05, 4.69) is 14.9 Å². The molecule has 0 bridgehead atoms. The molecule has 2 aromatic heterocycles. The number of benzene rings is 1. The smallest absolute Gasteiger partial charge is 0.255 e. The average Bonchev–Trinajstić information content (AvgIpc) is 3.14. The number of H-pyrrole nitrogens is 1. The van der Waals surface area contributed by atoms with Crippen LogP contribution in [0.15, 0.2) is 40.5 Å². The maximum atomic E-state index is 13.7. The molecule has 1 N–H and O–H groups in total. The van der Waals surface area contributed by atoms with E-state index in [0.29, 0.717) is 24.5 Å². The van der Waals surface area contributed by atoms with Crippen molar-refractivity contribution in [2.75, 3.05) is 6.54 Å². The quantitative estimate of drug-likeness (QED) is 0.782. The number of aromatic nitrogens is 2. The Labute approximate surface area is 149 Å². The van der Waals surface area contributed by atoms with E-state index in [1.807, 2.05) is 23.6 Å². The monoisotopic (exact) mass is 355 g/mol. The van der Waals surface area contributed by atoms with Gasteiger partial charge in [0.1, 0.15) is 5.82 Å². The number of thiophene rings is 1. The molecule has 1 aromatic carbocycles. The molecule has 25 heavy (non-hydrogen) atoms. The first-order chi connectivity index (χ1) is 12.1. The van der Waals surface area contributed by atoms with Crippen molar-refractivity contribution in [1.29, 1.82) is 0 Å². The van der Waals surface area contributed by atoms with Crippen LogP contribution in [0.3, 0.4) is 0 Å². The van der Waals surface area contributed by atoms with Gasteiger partial charge in [0, 0.05) is 26.1 Å². The number of hydrogen-bond acceptors (Lipinski definition) is 4. The Morgan fingerprint density at radius 1 is 1.32 bits per heavy atom. The Kier molecular flexibility index (Phi) is 4.23. The van der Waals surface area contributed by atoms with Crippen LogP contribution < -0.4 is 5.56 Å². The molecule has 0 saturated heterocycles. The van der Waals surface area contributed by atoms with E-state index in [-0.39, 0.29) is 11.4 Å². The van der Waals surface area contributed by atoms with E-state index >= 15 is 0 Å². The van der Waals surface area contributed by atoms with Crippen molar-refractivity contribution >= 4 is 11.3 Å². The zero-order chi connectivity index (χ0) is 17.4. The van der Waals surface area contributed by atoms with Crippen LogP contribution in [0, 0.1) is 12.7 Å². The van der Waals surface area contributed by atoms with Gasteiger partial charge in [0.05, 0.1) is 16.1 Å². The first-order valence-electron chi connectivity index (χ1n) is 8.24. The first kappa shape index (κ1) is 16.2. The number of aromatic amines is 1. The summed E-state index contributed by atoms with van der Waals surface area (Å²) in [5.41, 5.74) is 3.16. The largest absolute Gasteiger partial charge is 0.306 e. The van der Waals surface area contributed by atoms with Crippen LogP contribution in [-0.4, -0.2) is 21.4 Å². The van der Waals surface area contributed by atoms with Crippen LogP contribution in [0.2, 0.25) is 0 Å². The van der Waals surface area contributed by atoms with Crippen molar-refractivity contribution in [2.45, 2.75) is 26.4 Å². The fourth-order valence-electron chi connectivity index (χ4n) is 3.21. The summed E-state index contributed by atoms with van der Waals surface area (Å²) in [5.74, 6) is 0.461. The van der Waals surface area contributed by atoms with Crippen LogP contribution in [0.5, 0.6) is 0 Å². The lowest BCUT2D eigenvalue weighted by Gasteiger charge is -2.28. The predicted octanol–water partition coefficient (Wildman–Crippen LogP) is 3.50. The third-order valence-electron chi connectivity index (χ3n) is 4.68. The van der Waals surface area contributed by atoms with Crippen molar-refractivity contribution in [3.8, 4) is 10.7 Å². The van der Waals surface area contributed by atoms with Crippen LogP contribution in [0.1, 0.15) is 22.4 Å². The highest BCUT2D eigenvalue weighted by Gasteiger charge is 2.22. The predicted molar refractivity (Wildman–Crippen MR) is 97.1 cm³/mol. The summed E-state index contributed by atoms with van der Waals surface area (Å²) in [6.07, 6.45) is 0.728. The molecule has 0 amide bonds. The maximum Gasteiger partial charge on any atom is 0.255 e. The molecule has 1 aliphatic rings. The number of halogens is 1.